The van der Waals surface area contributed by atoms with Crippen LogP contribution in [0.4, 0.5) is 5.82 Å². The molecule has 96 valence electrons. The highest BCUT2D eigenvalue weighted by molar-refractivity contribution is 5.38. The van der Waals surface area contributed by atoms with Gasteiger partial charge in [0.15, 0.2) is 0 Å². The summed E-state index contributed by atoms with van der Waals surface area (Å²) < 4.78 is 2.20. The van der Waals surface area contributed by atoms with Crippen molar-refractivity contribution in [1.82, 2.24) is 19.7 Å². The number of fused-ring (bicyclic) bond motifs is 1. The summed E-state index contributed by atoms with van der Waals surface area (Å²) in [6.07, 6.45) is 3.01. The van der Waals surface area contributed by atoms with Crippen LogP contribution in [0.2, 0.25) is 0 Å². The van der Waals surface area contributed by atoms with Gasteiger partial charge >= 0.3 is 0 Å². The molecule has 0 atom stereocenters. The van der Waals surface area contributed by atoms with E-state index < -0.39 is 0 Å². The summed E-state index contributed by atoms with van der Waals surface area (Å²) in [5.41, 5.74) is 0.424. The van der Waals surface area contributed by atoms with E-state index in [4.69, 9.17) is 5.26 Å². The van der Waals surface area contributed by atoms with Gasteiger partial charge in [-0.25, -0.2) is 4.98 Å². The molecule has 6 heteroatoms. The van der Waals surface area contributed by atoms with E-state index in [1.807, 2.05) is 18.2 Å². The van der Waals surface area contributed by atoms with Crippen molar-refractivity contribution in [2.45, 2.75) is 25.8 Å². The Bertz CT molecular complexity index is 624. The SMILES string of the molecule is N#Cc1cccc(NCCc2nnc3n2CCC3)n1. The fourth-order valence-electron chi connectivity index (χ4n) is 2.29. The Kier molecular flexibility index (Phi) is 3.11. The second kappa shape index (κ2) is 5.06. The van der Waals surface area contributed by atoms with Crippen molar-refractivity contribution in [2.24, 2.45) is 0 Å². The Morgan fingerprint density at radius 1 is 1.37 bits per heavy atom. The number of hydrogen-bond donors (Lipinski definition) is 1. The second-order valence-corrected chi connectivity index (χ2v) is 4.48. The topological polar surface area (TPSA) is 79.4 Å². The standard InChI is InChI=1S/C13H14N6/c14-9-10-3-1-4-11(16-10)15-7-6-13-18-17-12-5-2-8-19(12)13/h1,3-4H,2,5-8H2,(H,15,16). The zero-order valence-electron chi connectivity index (χ0n) is 10.5. The highest BCUT2D eigenvalue weighted by Crippen LogP contribution is 2.14. The third-order valence-electron chi connectivity index (χ3n) is 3.20. The number of pyridine rings is 1. The van der Waals surface area contributed by atoms with E-state index in [0.717, 1.165) is 49.8 Å². The largest absolute Gasteiger partial charge is 0.370 e. The summed E-state index contributed by atoms with van der Waals surface area (Å²) in [6.45, 7) is 1.76. The third kappa shape index (κ3) is 2.40. The zero-order chi connectivity index (χ0) is 13.1. The monoisotopic (exact) mass is 254 g/mol. The van der Waals surface area contributed by atoms with Crippen molar-refractivity contribution in [1.29, 1.82) is 5.26 Å². The summed E-state index contributed by atoms with van der Waals surface area (Å²) >= 11 is 0. The van der Waals surface area contributed by atoms with Crippen LogP contribution < -0.4 is 5.32 Å². The lowest BCUT2D eigenvalue weighted by Crippen LogP contribution is -2.10. The van der Waals surface area contributed by atoms with E-state index >= 15 is 0 Å². The van der Waals surface area contributed by atoms with E-state index in [1.165, 1.54) is 0 Å². The van der Waals surface area contributed by atoms with Gasteiger partial charge in [-0.15, -0.1) is 10.2 Å². The van der Waals surface area contributed by atoms with Gasteiger partial charge < -0.3 is 9.88 Å². The van der Waals surface area contributed by atoms with Gasteiger partial charge in [-0.3, -0.25) is 0 Å². The maximum atomic E-state index is 8.78. The Morgan fingerprint density at radius 2 is 2.32 bits per heavy atom. The molecule has 0 unspecified atom stereocenters. The fraction of sp³-hybridized carbons (Fsp3) is 0.385. The number of nitrogens with zero attached hydrogens (tertiary/aromatic N) is 5. The van der Waals surface area contributed by atoms with E-state index in [0.29, 0.717) is 5.69 Å². The number of aryl methyl sites for hydroxylation is 1. The van der Waals surface area contributed by atoms with Crippen LogP contribution in [0.15, 0.2) is 18.2 Å². The first-order valence-corrected chi connectivity index (χ1v) is 6.39. The van der Waals surface area contributed by atoms with E-state index in [2.05, 4.69) is 25.1 Å². The summed E-state index contributed by atoms with van der Waals surface area (Å²) in [6, 6.07) is 7.40. The predicted octanol–water partition coefficient (Wildman–Crippen LogP) is 1.15. The molecule has 1 aliphatic heterocycles. The summed E-state index contributed by atoms with van der Waals surface area (Å²) in [4.78, 5) is 4.17. The van der Waals surface area contributed by atoms with Gasteiger partial charge in [0.25, 0.3) is 0 Å². The molecule has 0 amide bonds. The molecule has 0 saturated heterocycles. The van der Waals surface area contributed by atoms with Crippen LogP contribution in [0.5, 0.6) is 0 Å². The highest BCUT2D eigenvalue weighted by Gasteiger charge is 2.16. The average molecular weight is 254 g/mol. The lowest BCUT2D eigenvalue weighted by atomic mass is 10.3. The Labute approximate surface area is 111 Å². The molecule has 2 aromatic heterocycles. The quantitative estimate of drug-likeness (QED) is 0.885. The first kappa shape index (κ1) is 11.7. The second-order valence-electron chi connectivity index (χ2n) is 4.48. The first-order valence-electron chi connectivity index (χ1n) is 6.39. The summed E-state index contributed by atoms with van der Waals surface area (Å²) in [5.74, 6) is 2.84. The molecule has 0 bridgehead atoms. The Morgan fingerprint density at radius 3 is 3.21 bits per heavy atom. The smallest absolute Gasteiger partial charge is 0.142 e. The van der Waals surface area contributed by atoms with Gasteiger partial charge in [0.05, 0.1) is 0 Å². The zero-order valence-corrected chi connectivity index (χ0v) is 10.5. The maximum absolute atomic E-state index is 8.78. The molecule has 3 rings (SSSR count). The molecule has 1 aliphatic rings. The Hall–Kier alpha value is -2.42. The molecule has 0 aromatic carbocycles. The highest BCUT2D eigenvalue weighted by atomic mass is 15.3. The van der Waals surface area contributed by atoms with Gasteiger partial charge in [-0.2, -0.15) is 5.26 Å². The van der Waals surface area contributed by atoms with E-state index in [-0.39, 0.29) is 0 Å². The van der Waals surface area contributed by atoms with Crippen LogP contribution >= 0.6 is 0 Å². The molecule has 6 nitrogen and oxygen atoms in total. The van der Waals surface area contributed by atoms with Gasteiger partial charge in [0.1, 0.15) is 29.2 Å². The summed E-state index contributed by atoms with van der Waals surface area (Å²) in [5, 5.41) is 20.4. The lowest BCUT2D eigenvalue weighted by molar-refractivity contribution is 0.687. The molecule has 0 spiro atoms. The number of rotatable bonds is 4. The molecular weight excluding hydrogens is 240 g/mol. The van der Waals surface area contributed by atoms with Gasteiger partial charge in [0.2, 0.25) is 0 Å². The summed E-state index contributed by atoms with van der Waals surface area (Å²) in [7, 11) is 0. The van der Waals surface area contributed by atoms with Crippen LogP contribution in [-0.4, -0.2) is 26.3 Å². The number of anilines is 1. The molecule has 1 N–H and O–H groups in total. The van der Waals surface area contributed by atoms with Gasteiger partial charge in [0, 0.05) is 25.9 Å². The number of hydrogen-bond acceptors (Lipinski definition) is 5. The fourth-order valence-corrected chi connectivity index (χ4v) is 2.29. The van der Waals surface area contributed by atoms with Crippen molar-refractivity contribution in [2.75, 3.05) is 11.9 Å². The minimum Gasteiger partial charge on any atom is -0.370 e. The van der Waals surface area contributed by atoms with Crippen molar-refractivity contribution >= 4 is 5.82 Å². The van der Waals surface area contributed by atoms with E-state index in [1.54, 1.807) is 6.07 Å². The molecule has 3 heterocycles. The maximum Gasteiger partial charge on any atom is 0.142 e. The number of nitriles is 1. The van der Waals surface area contributed by atoms with Crippen LogP contribution in [0.25, 0.3) is 0 Å². The third-order valence-corrected chi connectivity index (χ3v) is 3.20. The molecule has 0 radical (unpaired) electrons. The molecule has 2 aromatic rings. The first-order chi connectivity index (χ1) is 9.36. The van der Waals surface area contributed by atoms with Crippen molar-refractivity contribution in [3.05, 3.63) is 35.5 Å². The van der Waals surface area contributed by atoms with Crippen LogP contribution in [-0.2, 0) is 19.4 Å². The van der Waals surface area contributed by atoms with E-state index in [9.17, 15) is 0 Å². The van der Waals surface area contributed by atoms with Crippen molar-refractivity contribution < 1.29 is 0 Å². The minimum absolute atomic E-state index is 0.424. The molecule has 0 saturated carbocycles. The van der Waals surface area contributed by atoms with Gasteiger partial charge in [-0.1, -0.05) is 6.07 Å². The molecular formula is C13H14N6. The van der Waals surface area contributed by atoms with Crippen LogP contribution in [0.1, 0.15) is 23.8 Å². The number of aromatic nitrogens is 4. The average Bonchev–Trinajstić information content (AvgIpc) is 3.03. The van der Waals surface area contributed by atoms with Crippen LogP contribution in [0, 0.1) is 11.3 Å². The Balaban J connectivity index is 1.59. The predicted molar refractivity (Wildman–Crippen MR) is 69.5 cm³/mol. The van der Waals surface area contributed by atoms with Crippen LogP contribution in [0.3, 0.4) is 0 Å². The molecule has 19 heavy (non-hydrogen) atoms. The van der Waals surface area contributed by atoms with Gasteiger partial charge in [-0.05, 0) is 18.6 Å². The van der Waals surface area contributed by atoms with Crippen molar-refractivity contribution in [3.8, 4) is 6.07 Å². The molecule has 0 fully saturated rings. The minimum atomic E-state index is 0.424. The van der Waals surface area contributed by atoms with Crippen molar-refractivity contribution in [3.63, 3.8) is 0 Å². The number of nitrogens with one attached hydrogen (secondary N) is 1. The lowest BCUT2D eigenvalue weighted by Gasteiger charge is -2.06. The normalized spacial score (nSPS) is 13.0. The molecule has 0 aliphatic carbocycles.